The summed E-state index contributed by atoms with van der Waals surface area (Å²) in [6.45, 7) is 6.41. The second-order valence-corrected chi connectivity index (χ2v) is 6.22. The van der Waals surface area contributed by atoms with Gasteiger partial charge in [0.15, 0.2) is 0 Å². The third-order valence-electron chi connectivity index (χ3n) is 4.28. The van der Waals surface area contributed by atoms with Crippen LogP contribution in [0, 0.1) is 0 Å². The van der Waals surface area contributed by atoms with Crippen LogP contribution in [0.2, 0.25) is 0 Å². The van der Waals surface area contributed by atoms with Gasteiger partial charge in [-0.2, -0.15) is 0 Å². The van der Waals surface area contributed by atoms with Gasteiger partial charge in [0.05, 0.1) is 0 Å². The van der Waals surface area contributed by atoms with Crippen LogP contribution >= 0.6 is 0 Å². The summed E-state index contributed by atoms with van der Waals surface area (Å²) in [5.74, 6) is 0. The van der Waals surface area contributed by atoms with Crippen molar-refractivity contribution in [2.45, 2.75) is 84.1 Å². The quantitative estimate of drug-likeness (QED) is 0.667. The Balaban J connectivity index is 2.94. The summed E-state index contributed by atoms with van der Waals surface area (Å²) in [5, 5.41) is 0. The van der Waals surface area contributed by atoms with E-state index in [1.165, 1.54) is 36.1 Å². The Morgan fingerprint density at radius 2 is 1.57 bits per heavy atom. The second kappa shape index (κ2) is 8.85. The van der Waals surface area contributed by atoms with Crippen LogP contribution in [0.25, 0.3) is 0 Å². The maximum absolute atomic E-state index is 12.2. The molecule has 0 fully saturated rings. The molecule has 1 aromatic heterocycles. The van der Waals surface area contributed by atoms with Gasteiger partial charge in [-0.05, 0) is 19.8 Å². The van der Waals surface area contributed by atoms with Gasteiger partial charge in [-0.3, -0.25) is 9.36 Å². The molecule has 0 aliphatic carbocycles. The normalized spacial score (nSPS) is 14.0. The first-order chi connectivity index (χ1) is 10.0. The number of hydrogen-bond acceptors (Lipinski definition) is 2. The van der Waals surface area contributed by atoms with Crippen LogP contribution in [0.4, 0.5) is 0 Å². The van der Waals surface area contributed by atoms with Crippen molar-refractivity contribution >= 4 is 0 Å². The molecule has 0 radical (unpaired) electrons. The maximum Gasteiger partial charge on any atom is 0.328 e. The van der Waals surface area contributed by atoms with Gasteiger partial charge in [-0.1, -0.05) is 58.8 Å². The van der Waals surface area contributed by atoms with E-state index in [-0.39, 0.29) is 16.8 Å². The number of unbranched alkanes of at least 4 members (excludes halogenated alkanes) is 5. The van der Waals surface area contributed by atoms with Gasteiger partial charge in [0.1, 0.15) is 0 Å². The molecular formula is C17H30N2O2. The van der Waals surface area contributed by atoms with E-state index in [1.807, 2.05) is 0 Å². The minimum absolute atomic E-state index is 0.187. The van der Waals surface area contributed by atoms with Crippen molar-refractivity contribution in [3.63, 3.8) is 0 Å². The van der Waals surface area contributed by atoms with Gasteiger partial charge in [0.2, 0.25) is 0 Å². The van der Waals surface area contributed by atoms with Crippen molar-refractivity contribution in [1.82, 2.24) is 9.55 Å². The molecule has 1 unspecified atom stereocenters. The standard InChI is InChI=1S/C17H30N2O2/c1-4-6-8-10-13-17(3,12-9-7-5-2)19-15(20)11-14-18-16(19)21/h11,14H,4-10,12-13H2,1-3H3,(H,18,21). The predicted molar refractivity (Wildman–Crippen MR) is 87.9 cm³/mol. The number of H-pyrrole nitrogens is 1. The lowest BCUT2D eigenvalue weighted by Gasteiger charge is -2.31. The molecule has 1 N–H and O–H groups in total. The molecule has 0 aliphatic heterocycles. The molecule has 1 heterocycles. The second-order valence-electron chi connectivity index (χ2n) is 6.22. The summed E-state index contributed by atoms with van der Waals surface area (Å²) in [4.78, 5) is 26.9. The summed E-state index contributed by atoms with van der Waals surface area (Å²) in [6, 6.07) is 1.45. The molecule has 0 aliphatic rings. The lowest BCUT2D eigenvalue weighted by atomic mass is 9.88. The third kappa shape index (κ3) is 5.18. The molecule has 0 saturated heterocycles. The first kappa shape index (κ1) is 17.7. The van der Waals surface area contributed by atoms with Gasteiger partial charge in [-0.25, -0.2) is 4.79 Å². The Morgan fingerprint density at radius 1 is 1.00 bits per heavy atom. The summed E-state index contributed by atoms with van der Waals surface area (Å²) in [5.41, 5.74) is -0.834. The molecule has 4 heteroatoms. The number of hydrogen-bond donors (Lipinski definition) is 1. The van der Waals surface area contributed by atoms with Crippen molar-refractivity contribution < 1.29 is 0 Å². The highest BCUT2D eigenvalue weighted by molar-refractivity contribution is 4.92. The van der Waals surface area contributed by atoms with E-state index in [2.05, 4.69) is 25.8 Å². The van der Waals surface area contributed by atoms with E-state index >= 15 is 0 Å². The van der Waals surface area contributed by atoms with Crippen LogP contribution in [0.3, 0.4) is 0 Å². The van der Waals surface area contributed by atoms with Crippen molar-refractivity contribution in [1.29, 1.82) is 0 Å². The molecule has 0 spiro atoms. The lowest BCUT2D eigenvalue weighted by Crippen LogP contribution is -2.47. The first-order valence-corrected chi connectivity index (χ1v) is 8.36. The number of aromatic amines is 1. The molecule has 1 aromatic rings. The van der Waals surface area contributed by atoms with Gasteiger partial charge < -0.3 is 4.98 Å². The fourth-order valence-electron chi connectivity index (χ4n) is 2.97. The van der Waals surface area contributed by atoms with E-state index in [9.17, 15) is 9.59 Å². The number of nitrogens with zero attached hydrogens (tertiary/aromatic N) is 1. The number of rotatable bonds is 10. The summed E-state index contributed by atoms with van der Waals surface area (Å²) in [6.07, 6.45) is 11.2. The number of nitrogens with one attached hydrogen (secondary N) is 1. The Kier molecular flexibility index (Phi) is 7.48. The molecule has 0 saturated carbocycles. The zero-order valence-electron chi connectivity index (χ0n) is 13.8. The Labute approximate surface area is 127 Å². The van der Waals surface area contributed by atoms with E-state index in [0.717, 1.165) is 38.5 Å². The largest absolute Gasteiger partial charge is 0.328 e. The Bertz CT molecular complexity index is 490. The molecule has 120 valence electrons. The molecule has 0 aromatic carbocycles. The zero-order valence-corrected chi connectivity index (χ0v) is 13.8. The fourth-order valence-corrected chi connectivity index (χ4v) is 2.97. The maximum atomic E-state index is 12.2. The van der Waals surface area contributed by atoms with E-state index in [4.69, 9.17) is 0 Å². The van der Waals surface area contributed by atoms with E-state index in [0.29, 0.717) is 0 Å². The first-order valence-electron chi connectivity index (χ1n) is 8.36. The highest BCUT2D eigenvalue weighted by Gasteiger charge is 2.28. The molecule has 1 atom stereocenters. The Hall–Kier alpha value is -1.32. The SMILES string of the molecule is CCCCCCC(C)(CCCCC)n1c(=O)cc[nH]c1=O. The summed E-state index contributed by atoms with van der Waals surface area (Å²) in [7, 11) is 0. The van der Waals surface area contributed by atoms with Crippen molar-refractivity contribution in [3.8, 4) is 0 Å². The van der Waals surface area contributed by atoms with Crippen LogP contribution in [0.15, 0.2) is 21.9 Å². The highest BCUT2D eigenvalue weighted by Crippen LogP contribution is 2.27. The van der Waals surface area contributed by atoms with Crippen LogP contribution in [0.5, 0.6) is 0 Å². The zero-order chi connectivity index (χ0) is 15.7. The third-order valence-corrected chi connectivity index (χ3v) is 4.28. The predicted octanol–water partition coefficient (Wildman–Crippen LogP) is 3.80. The molecule has 0 amide bonds. The van der Waals surface area contributed by atoms with Crippen LogP contribution in [-0.2, 0) is 5.54 Å². The van der Waals surface area contributed by atoms with Crippen LogP contribution in [-0.4, -0.2) is 9.55 Å². The van der Waals surface area contributed by atoms with Crippen molar-refractivity contribution in [2.24, 2.45) is 0 Å². The van der Waals surface area contributed by atoms with E-state index in [1.54, 1.807) is 0 Å². The van der Waals surface area contributed by atoms with Crippen LogP contribution < -0.4 is 11.2 Å². The molecule has 1 rings (SSSR count). The van der Waals surface area contributed by atoms with Gasteiger partial charge in [0.25, 0.3) is 5.56 Å². The highest BCUT2D eigenvalue weighted by atomic mass is 16.2. The number of aromatic nitrogens is 2. The van der Waals surface area contributed by atoms with E-state index < -0.39 is 0 Å². The van der Waals surface area contributed by atoms with Gasteiger partial charge in [0, 0.05) is 17.8 Å². The minimum atomic E-state index is -0.366. The molecular weight excluding hydrogens is 264 g/mol. The van der Waals surface area contributed by atoms with Crippen molar-refractivity contribution in [2.75, 3.05) is 0 Å². The van der Waals surface area contributed by atoms with Crippen LogP contribution in [0.1, 0.15) is 78.6 Å². The average Bonchev–Trinajstić information content (AvgIpc) is 2.44. The molecule has 0 bridgehead atoms. The topological polar surface area (TPSA) is 54.9 Å². The molecule has 4 nitrogen and oxygen atoms in total. The smallest absolute Gasteiger partial charge is 0.314 e. The lowest BCUT2D eigenvalue weighted by molar-refractivity contribution is 0.235. The minimum Gasteiger partial charge on any atom is -0.314 e. The fraction of sp³-hybridized carbons (Fsp3) is 0.765. The average molecular weight is 294 g/mol. The molecule has 21 heavy (non-hydrogen) atoms. The summed E-state index contributed by atoms with van der Waals surface area (Å²) < 4.78 is 1.44. The Morgan fingerprint density at radius 3 is 2.14 bits per heavy atom. The monoisotopic (exact) mass is 294 g/mol. The van der Waals surface area contributed by atoms with Gasteiger partial charge >= 0.3 is 5.69 Å². The summed E-state index contributed by atoms with van der Waals surface area (Å²) >= 11 is 0. The van der Waals surface area contributed by atoms with Gasteiger partial charge in [-0.15, -0.1) is 0 Å². The van der Waals surface area contributed by atoms with Crippen molar-refractivity contribution in [3.05, 3.63) is 33.1 Å².